The van der Waals surface area contributed by atoms with Crippen molar-refractivity contribution in [2.75, 3.05) is 26.8 Å². The van der Waals surface area contributed by atoms with E-state index in [1.807, 2.05) is 18.2 Å². The number of carbonyl (C=O) groups is 1. The third kappa shape index (κ3) is 5.69. The minimum atomic E-state index is -0.265. The van der Waals surface area contributed by atoms with Crippen molar-refractivity contribution in [3.05, 3.63) is 35.4 Å². The van der Waals surface area contributed by atoms with Crippen molar-refractivity contribution in [2.45, 2.75) is 20.4 Å². The topological polar surface area (TPSA) is 67.6 Å². The number of nitrogens with zero attached hydrogens (tertiary/aromatic N) is 1. The van der Waals surface area contributed by atoms with Gasteiger partial charge in [0.25, 0.3) is 5.91 Å². The van der Waals surface area contributed by atoms with Crippen LogP contribution in [-0.4, -0.2) is 37.6 Å². The van der Waals surface area contributed by atoms with E-state index < -0.39 is 0 Å². The summed E-state index contributed by atoms with van der Waals surface area (Å²) in [5, 5.41) is 0. The highest BCUT2D eigenvalue weighted by atomic mass is 16.5. The number of amides is 1. The molecular weight excluding hydrogens is 254 g/mol. The van der Waals surface area contributed by atoms with Gasteiger partial charge >= 0.3 is 0 Å². The maximum absolute atomic E-state index is 11.5. The van der Waals surface area contributed by atoms with Gasteiger partial charge < -0.3 is 4.74 Å². The molecule has 0 radical (unpaired) electrons. The highest BCUT2D eigenvalue weighted by Crippen LogP contribution is 2.10. The number of methoxy groups -OCH3 is 1. The van der Waals surface area contributed by atoms with E-state index in [0.29, 0.717) is 18.1 Å². The Kier molecular flexibility index (Phi) is 7.22. The minimum absolute atomic E-state index is 0.265. The predicted octanol–water partition coefficient (Wildman–Crippen LogP) is 1.39. The average molecular weight is 279 g/mol. The fourth-order valence-electron chi connectivity index (χ4n) is 2.12. The van der Waals surface area contributed by atoms with E-state index >= 15 is 0 Å². The lowest BCUT2D eigenvalue weighted by Crippen LogP contribution is -2.31. The fourth-order valence-corrected chi connectivity index (χ4v) is 2.12. The molecule has 5 heteroatoms. The third-order valence-electron chi connectivity index (χ3n) is 2.96. The van der Waals surface area contributed by atoms with Crippen molar-refractivity contribution >= 4 is 5.91 Å². The second-order valence-electron chi connectivity index (χ2n) is 5.30. The number of hydrazine groups is 1. The zero-order valence-corrected chi connectivity index (χ0v) is 12.6. The summed E-state index contributed by atoms with van der Waals surface area (Å²) in [6, 6.07) is 7.53. The molecule has 0 heterocycles. The van der Waals surface area contributed by atoms with Crippen molar-refractivity contribution in [1.29, 1.82) is 0 Å². The van der Waals surface area contributed by atoms with Crippen LogP contribution in [0, 0.1) is 5.92 Å². The summed E-state index contributed by atoms with van der Waals surface area (Å²) in [5.74, 6) is 5.48. The van der Waals surface area contributed by atoms with Gasteiger partial charge in [-0.2, -0.15) is 0 Å². The molecule has 0 fully saturated rings. The van der Waals surface area contributed by atoms with Gasteiger partial charge in [-0.1, -0.05) is 26.0 Å². The van der Waals surface area contributed by atoms with Gasteiger partial charge in [-0.15, -0.1) is 0 Å². The Labute approximate surface area is 121 Å². The maximum Gasteiger partial charge on any atom is 0.265 e. The van der Waals surface area contributed by atoms with Crippen LogP contribution in [0.15, 0.2) is 24.3 Å². The van der Waals surface area contributed by atoms with Gasteiger partial charge in [0.1, 0.15) is 0 Å². The molecule has 0 spiro atoms. The third-order valence-corrected chi connectivity index (χ3v) is 2.96. The molecule has 112 valence electrons. The first-order valence-corrected chi connectivity index (χ1v) is 6.88. The maximum atomic E-state index is 11.5. The number of carbonyl (C=O) groups excluding carboxylic acids is 1. The zero-order valence-electron chi connectivity index (χ0n) is 12.6. The molecule has 1 aromatic carbocycles. The van der Waals surface area contributed by atoms with Crippen molar-refractivity contribution in [3.63, 3.8) is 0 Å². The van der Waals surface area contributed by atoms with Crippen LogP contribution in [0.2, 0.25) is 0 Å². The van der Waals surface area contributed by atoms with Crippen molar-refractivity contribution in [1.82, 2.24) is 10.3 Å². The van der Waals surface area contributed by atoms with Crippen molar-refractivity contribution in [2.24, 2.45) is 11.8 Å². The number of nitrogens with one attached hydrogen (secondary N) is 1. The van der Waals surface area contributed by atoms with Gasteiger partial charge in [0, 0.05) is 32.3 Å². The molecule has 1 rings (SSSR count). The Bertz CT molecular complexity index is 421. The summed E-state index contributed by atoms with van der Waals surface area (Å²) in [7, 11) is 1.71. The summed E-state index contributed by atoms with van der Waals surface area (Å²) in [6.07, 6.45) is 0. The molecule has 0 aromatic heterocycles. The second kappa shape index (κ2) is 8.68. The van der Waals surface area contributed by atoms with Crippen molar-refractivity contribution < 1.29 is 9.53 Å². The summed E-state index contributed by atoms with van der Waals surface area (Å²) in [6.45, 7) is 7.76. The molecule has 0 aliphatic carbocycles. The Balaban J connectivity index is 2.73. The van der Waals surface area contributed by atoms with E-state index in [4.69, 9.17) is 10.6 Å². The SMILES string of the molecule is COCCN(Cc1cccc(C(=O)NN)c1)CC(C)C. The van der Waals surface area contributed by atoms with Gasteiger partial charge in [-0.3, -0.25) is 15.1 Å². The first kappa shape index (κ1) is 16.6. The molecule has 0 unspecified atom stereocenters. The summed E-state index contributed by atoms with van der Waals surface area (Å²) in [5.41, 5.74) is 3.84. The number of rotatable bonds is 8. The van der Waals surface area contributed by atoms with Crippen LogP contribution < -0.4 is 11.3 Å². The van der Waals surface area contributed by atoms with Crippen LogP contribution in [0.1, 0.15) is 29.8 Å². The molecule has 1 amide bonds. The molecule has 5 nitrogen and oxygen atoms in total. The van der Waals surface area contributed by atoms with E-state index in [0.717, 1.165) is 25.2 Å². The van der Waals surface area contributed by atoms with E-state index in [1.165, 1.54) is 0 Å². The number of nitrogens with two attached hydrogens (primary N) is 1. The van der Waals surface area contributed by atoms with Gasteiger partial charge in [0.05, 0.1) is 6.61 Å². The lowest BCUT2D eigenvalue weighted by atomic mass is 10.1. The van der Waals surface area contributed by atoms with Crippen molar-refractivity contribution in [3.8, 4) is 0 Å². The van der Waals surface area contributed by atoms with Crippen LogP contribution in [0.25, 0.3) is 0 Å². The molecule has 0 saturated carbocycles. The van der Waals surface area contributed by atoms with Crippen LogP contribution in [0.5, 0.6) is 0 Å². The van der Waals surface area contributed by atoms with E-state index in [9.17, 15) is 4.79 Å². The Morgan fingerprint density at radius 2 is 2.20 bits per heavy atom. The number of benzene rings is 1. The zero-order chi connectivity index (χ0) is 15.0. The van der Waals surface area contributed by atoms with Crippen LogP contribution >= 0.6 is 0 Å². The molecule has 1 aromatic rings. The first-order chi connectivity index (χ1) is 9.56. The van der Waals surface area contributed by atoms with Crippen LogP contribution in [0.4, 0.5) is 0 Å². The molecular formula is C15H25N3O2. The summed E-state index contributed by atoms with van der Waals surface area (Å²) in [4.78, 5) is 13.9. The lowest BCUT2D eigenvalue weighted by molar-refractivity contribution is 0.0953. The number of hydrogen-bond acceptors (Lipinski definition) is 4. The Hall–Kier alpha value is -1.43. The molecule has 0 atom stereocenters. The van der Waals surface area contributed by atoms with Gasteiger partial charge in [-0.05, 0) is 23.6 Å². The number of ether oxygens (including phenoxy) is 1. The molecule has 20 heavy (non-hydrogen) atoms. The molecule has 3 N–H and O–H groups in total. The molecule has 0 aliphatic heterocycles. The molecule has 0 bridgehead atoms. The molecule has 0 saturated heterocycles. The largest absolute Gasteiger partial charge is 0.383 e. The minimum Gasteiger partial charge on any atom is -0.383 e. The average Bonchev–Trinajstić information content (AvgIpc) is 2.43. The number of nitrogen functional groups attached to an aromatic ring is 1. The van der Waals surface area contributed by atoms with E-state index in [-0.39, 0.29) is 5.91 Å². The highest BCUT2D eigenvalue weighted by Gasteiger charge is 2.10. The Morgan fingerprint density at radius 3 is 2.80 bits per heavy atom. The Morgan fingerprint density at radius 1 is 1.45 bits per heavy atom. The molecule has 0 aliphatic rings. The van der Waals surface area contributed by atoms with Gasteiger partial charge in [0.15, 0.2) is 0 Å². The quantitative estimate of drug-likeness (QED) is 0.429. The highest BCUT2D eigenvalue weighted by molar-refractivity contribution is 5.93. The predicted molar refractivity (Wildman–Crippen MR) is 80.1 cm³/mol. The van der Waals surface area contributed by atoms with Gasteiger partial charge in [-0.25, -0.2) is 5.84 Å². The van der Waals surface area contributed by atoms with Gasteiger partial charge in [0.2, 0.25) is 0 Å². The number of hydrogen-bond donors (Lipinski definition) is 2. The fraction of sp³-hybridized carbons (Fsp3) is 0.533. The lowest BCUT2D eigenvalue weighted by Gasteiger charge is -2.24. The second-order valence-corrected chi connectivity index (χ2v) is 5.30. The first-order valence-electron chi connectivity index (χ1n) is 6.88. The summed E-state index contributed by atoms with van der Waals surface area (Å²) < 4.78 is 5.15. The standard InChI is InChI=1S/C15H25N3O2/c1-12(2)10-18(7-8-20-3)11-13-5-4-6-14(9-13)15(19)17-16/h4-6,9,12H,7-8,10-11,16H2,1-3H3,(H,17,19). The van der Waals surface area contributed by atoms with E-state index in [1.54, 1.807) is 13.2 Å². The summed E-state index contributed by atoms with van der Waals surface area (Å²) >= 11 is 0. The van der Waals surface area contributed by atoms with Crippen LogP contribution in [-0.2, 0) is 11.3 Å². The monoisotopic (exact) mass is 279 g/mol. The van der Waals surface area contributed by atoms with Crippen LogP contribution in [0.3, 0.4) is 0 Å². The smallest absolute Gasteiger partial charge is 0.265 e. The van der Waals surface area contributed by atoms with E-state index in [2.05, 4.69) is 24.2 Å². The normalized spacial score (nSPS) is 11.1.